The number of hydrogen-bond acceptors (Lipinski definition) is 13. The molecule has 0 bridgehead atoms. The van der Waals surface area contributed by atoms with E-state index in [9.17, 15) is 29.1 Å². The molecule has 17 heteroatoms. The smallest absolute Gasteiger partial charge is 0.369 e. The van der Waals surface area contributed by atoms with E-state index in [1.54, 1.807) is 29.8 Å². The molecule has 44 heavy (non-hydrogen) atoms. The van der Waals surface area contributed by atoms with Crippen molar-refractivity contribution in [1.82, 2.24) is 29.6 Å². The van der Waals surface area contributed by atoms with E-state index >= 15 is 0 Å². The summed E-state index contributed by atoms with van der Waals surface area (Å²) in [6.45, 7) is 4.69. The number of pyridine rings is 1. The topological polar surface area (TPSA) is 216 Å². The number of amides is 2. The van der Waals surface area contributed by atoms with E-state index in [0.717, 1.165) is 19.0 Å². The fourth-order valence-electron chi connectivity index (χ4n) is 4.80. The third-order valence-corrected chi connectivity index (χ3v) is 8.44. The molecule has 1 saturated carbocycles. The standard InChI is InChI=1S/C27H34N8O8S/c1-15(34-9-11-35(12-10-34)44(3)41)23-31-26(43-33-23)17-5-4-6-19(22(17)42-2)29-20-13-21(30-24(36)16-7-8-16)28-14-18(20)25(37)32-27(38,39)40/h4-6,13-16,38-40H,7-12H2,1-3H3,(H,32,37)(H2,28,29,30,36). The number of aliphatic hydroxyl groups is 3. The first kappa shape index (κ1) is 31.4. The van der Waals surface area contributed by atoms with Crippen LogP contribution in [0.5, 0.6) is 5.75 Å². The normalized spacial score (nSPS) is 17.5. The molecule has 236 valence electrons. The minimum absolute atomic E-state index is 0.0970. The summed E-state index contributed by atoms with van der Waals surface area (Å²) in [5.41, 5.74) is 0.751. The summed E-state index contributed by atoms with van der Waals surface area (Å²) in [5, 5.41) is 39.5. The first-order chi connectivity index (χ1) is 20.9. The first-order valence-electron chi connectivity index (χ1n) is 13.8. The Morgan fingerprint density at radius 2 is 1.89 bits per heavy atom. The molecule has 2 atom stereocenters. The van der Waals surface area contributed by atoms with Crippen LogP contribution in [-0.2, 0) is 15.8 Å². The maximum absolute atomic E-state index is 12.8. The molecule has 3 heterocycles. The highest BCUT2D eigenvalue weighted by Crippen LogP contribution is 2.39. The van der Waals surface area contributed by atoms with E-state index < -0.39 is 23.0 Å². The summed E-state index contributed by atoms with van der Waals surface area (Å²) >= 11 is 0. The van der Waals surface area contributed by atoms with E-state index in [1.807, 2.05) is 11.2 Å². The highest BCUT2D eigenvalue weighted by molar-refractivity contribution is 7.81. The molecule has 16 nitrogen and oxygen atoms in total. The number of nitrogens with one attached hydrogen (secondary N) is 3. The Labute approximate surface area is 255 Å². The maximum atomic E-state index is 12.8. The van der Waals surface area contributed by atoms with E-state index in [2.05, 4.69) is 30.7 Å². The minimum Gasteiger partial charge on any atom is -0.494 e. The molecule has 2 aliphatic rings. The van der Waals surface area contributed by atoms with Gasteiger partial charge in [0.1, 0.15) is 5.82 Å². The quantitative estimate of drug-likeness (QED) is 0.160. The predicted octanol–water partition coefficient (Wildman–Crippen LogP) is 0.522. The Balaban J connectivity index is 1.41. The van der Waals surface area contributed by atoms with E-state index in [0.29, 0.717) is 49.0 Å². The molecule has 2 aromatic heterocycles. The Morgan fingerprint density at radius 3 is 2.52 bits per heavy atom. The number of nitrogens with zero attached hydrogens (tertiary/aromatic N) is 5. The van der Waals surface area contributed by atoms with Crippen LogP contribution in [0.25, 0.3) is 11.5 Å². The van der Waals surface area contributed by atoms with Crippen LogP contribution in [0.15, 0.2) is 35.0 Å². The average molecular weight is 631 g/mol. The second kappa shape index (κ2) is 12.9. The second-order valence-electron chi connectivity index (χ2n) is 10.5. The average Bonchev–Trinajstić information content (AvgIpc) is 3.72. The molecule has 1 aliphatic heterocycles. The molecule has 0 spiro atoms. The van der Waals surface area contributed by atoms with Gasteiger partial charge in [-0.3, -0.25) is 19.8 Å². The van der Waals surface area contributed by atoms with Crippen LogP contribution >= 0.6 is 0 Å². The third-order valence-electron chi connectivity index (χ3n) is 7.35. The summed E-state index contributed by atoms with van der Waals surface area (Å²) in [6, 6.07) is 6.33. The number of benzene rings is 1. The largest absolute Gasteiger partial charge is 0.494 e. The Kier molecular flexibility index (Phi) is 9.23. The van der Waals surface area contributed by atoms with E-state index in [-0.39, 0.29) is 40.8 Å². The SMILES string of the molecule is COc1c(Nc2cc(NC(=O)C3CC3)ncc2C(=O)NC(O)(O)O)cccc1-c1nc(C(C)N2CCN(S(C)=O)CC2)no1. The zero-order chi connectivity index (χ0) is 31.6. The monoisotopic (exact) mass is 630 g/mol. The molecule has 2 unspecified atom stereocenters. The van der Waals surface area contributed by atoms with Gasteiger partial charge in [-0.25, -0.2) is 13.5 Å². The van der Waals surface area contributed by atoms with Gasteiger partial charge in [-0.1, -0.05) is 11.2 Å². The van der Waals surface area contributed by atoms with Crippen molar-refractivity contribution in [2.24, 2.45) is 5.92 Å². The first-order valence-corrected chi connectivity index (χ1v) is 15.4. The lowest BCUT2D eigenvalue weighted by Crippen LogP contribution is -2.48. The van der Waals surface area contributed by atoms with Gasteiger partial charge in [0.05, 0.1) is 46.6 Å². The van der Waals surface area contributed by atoms with Crippen molar-refractivity contribution >= 4 is 40.0 Å². The van der Waals surface area contributed by atoms with Gasteiger partial charge in [0.2, 0.25) is 5.91 Å². The summed E-state index contributed by atoms with van der Waals surface area (Å²) in [4.78, 5) is 36.0. The zero-order valence-electron chi connectivity index (χ0n) is 24.3. The number of para-hydroxylation sites is 1. The number of ether oxygens (including phenoxy) is 1. The summed E-state index contributed by atoms with van der Waals surface area (Å²) in [6.07, 6.45) is 0.869. The van der Waals surface area contributed by atoms with Gasteiger partial charge in [-0.05, 0) is 31.9 Å². The number of aromatic nitrogens is 3. The zero-order valence-corrected chi connectivity index (χ0v) is 25.1. The van der Waals surface area contributed by atoms with Crippen LogP contribution in [0.2, 0.25) is 0 Å². The fraction of sp³-hybridized carbons (Fsp3) is 0.444. The number of carbonyl (C=O) groups excluding carboxylic acids is 2. The molecule has 2 fully saturated rings. The van der Waals surface area contributed by atoms with Gasteiger partial charge in [-0.2, -0.15) is 4.98 Å². The second-order valence-corrected chi connectivity index (χ2v) is 11.9. The van der Waals surface area contributed by atoms with Gasteiger partial charge in [0.25, 0.3) is 11.8 Å². The van der Waals surface area contributed by atoms with Crippen LogP contribution in [0, 0.1) is 5.92 Å². The summed E-state index contributed by atoms with van der Waals surface area (Å²) in [5.74, 6) is -0.260. The van der Waals surface area contributed by atoms with Gasteiger partial charge in [0.15, 0.2) is 11.6 Å². The van der Waals surface area contributed by atoms with Crippen LogP contribution in [0.4, 0.5) is 17.2 Å². The number of anilines is 3. The number of hydrogen-bond donors (Lipinski definition) is 6. The van der Waals surface area contributed by atoms with Gasteiger partial charge in [0, 0.05) is 50.6 Å². The lowest BCUT2D eigenvalue weighted by Gasteiger charge is -2.35. The molecular formula is C27H34N8O8S. The minimum atomic E-state index is -3.47. The molecule has 1 aliphatic carbocycles. The lowest BCUT2D eigenvalue weighted by atomic mass is 10.1. The van der Waals surface area contributed by atoms with Crippen molar-refractivity contribution in [2.75, 3.05) is 50.2 Å². The number of carbonyl (C=O) groups is 2. The van der Waals surface area contributed by atoms with Crippen LogP contribution in [0.3, 0.4) is 0 Å². The van der Waals surface area contributed by atoms with Gasteiger partial charge in [-0.15, -0.1) is 0 Å². The molecule has 3 aromatic rings. The van der Waals surface area contributed by atoms with Crippen molar-refractivity contribution in [3.8, 4) is 17.2 Å². The van der Waals surface area contributed by atoms with Crippen LogP contribution < -0.4 is 20.7 Å². The van der Waals surface area contributed by atoms with E-state index in [1.165, 1.54) is 13.2 Å². The van der Waals surface area contributed by atoms with Crippen molar-refractivity contribution in [1.29, 1.82) is 0 Å². The Morgan fingerprint density at radius 1 is 1.16 bits per heavy atom. The Hall–Kier alpha value is -4.00. The lowest BCUT2D eigenvalue weighted by molar-refractivity contribution is -0.323. The third kappa shape index (κ3) is 7.37. The molecule has 5 rings (SSSR count). The number of methoxy groups -OCH3 is 1. The highest BCUT2D eigenvalue weighted by atomic mass is 32.2. The van der Waals surface area contributed by atoms with Crippen LogP contribution in [0.1, 0.15) is 42.0 Å². The van der Waals surface area contributed by atoms with Gasteiger partial charge < -0.3 is 35.2 Å². The van der Waals surface area contributed by atoms with Crippen molar-refractivity contribution in [3.63, 3.8) is 0 Å². The fourth-order valence-corrected chi connectivity index (χ4v) is 5.47. The highest BCUT2D eigenvalue weighted by Gasteiger charge is 2.31. The van der Waals surface area contributed by atoms with Crippen molar-refractivity contribution < 1.29 is 38.4 Å². The van der Waals surface area contributed by atoms with E-state index in [4.69, 9.17) is 9.26 Å². The number of piperazine rings is 1. The molecule has 0 radical (unpaired) electrons. The van der Waals surface area contributed by atoms with Gasteiger partial charge >= 0.3 is 6.10 Å². The molecule has 1 saturated heterocycles. The molecule has 6 N–H and O–H groups in total. The Bertz CT molecular complexity index is 1550. The van der Waals surface area contributed by atoms with Crippen LogP contribution in [-0.4, -0.2) is 101 Å². The summed E-state index contributed by atoms with van der Waals surface area (Å²) < 4.78 is 25.0. The maximum Gasteiger partial charge on any atom is 0.369 e. The predicted molar refractivity (Wildman–Crippen MR) is 158 cm³/mol. The molecular weight excluding hydrogens is 596 g/mol. The van der Waals surface area contributed by atoms with Crippen molar-refractivity contribution in [3.05, 3.63) is 41.9 Å². The molecule has 1 aromatic carbocycles. The van der Waals surface area contributed by atoms with Crippen molar-refractivity contribution in [2.45, 2.75) is 31.9 Å². The summed E-state index contributed by atoms with van der Waals surface area (Å²) in [7, 11) is 0.425. The number of rotatable bonds is 11. The molecule has 2 amide bonds.